The average molecular weight is 261 g/mol. The normalized spacial score (nSPS) is 23.9. The maximum atomic E-state index is 13.4. The monoisotopic (exact) mass is 261 g/mol. The molecule has 1 atom stereocenters. The van der Waals surface area contributed by atoms with Gasteiger partial charge < -0.3 is 9.88 Å². The molecule has 2 heterocycles. The second kappa shape index (κ2) is 4.60. The van der Waals surface area contributed by atoms with Gasteiger partial charge in [0.2, 0.25) is 0 Å². The molecule has 1 fully saturated rings. The molecule has 1 aliphatic rings. The first kappa shape index (κ1) is 12.6. The predicted octanol–water partition coefficient (Wildman–Crippen LogP) is 2.74. The Kier molecular flexibility index (Phi) is 3.05. The Labute approximate surface area is 112 Å². The first-order valence-electron chi connectivity index (χ1n) is 6.99. The van der Waals surface area contributed by atoms with Gasteiger partial charge in [0.15, 0.2) is 0 Å². The molecule has 0 bridgehead atoms. The summed E-state index contributed by atoms with van der Waals surface area (Å²) in [6, 6.07) is 4.83. The van der Waals surface area contributed by atoms with E-state index in [1.165, 1.54) is 12.5 Å². The summed E-state index contributed by atoms with van der Waals surface area (Å²) in [6.45, 7) is 4.26. The van der Waals surface area contributed by atoms with Gasteiger partial charge in [0, 0.05) is 19.0 Å². The molecular weight excluding hydrogens is 241 g/mol. The topological polar surface area (TPSA) is 29.9 Å². The highest BCUT2D eigenvalue weighted by Gasteiger charge is 2.36. The van der Waals surface area contributed by atoms with Gasteiger partial charge in [0.25, 0.3) is 0 Å². The van der Waals surface area contributed by atoms with Gasteiger partial charge in [-0.25, -0.2) is 9.37 Å². The first-order chi connectivity index (χ1) is 9.16. The first-order valence-corrected chi connectivity index (χ1v) is 6.99. The number of imidazole rings is 1. The van der Waals surface area contributed by atoms with Gasteiger partial charge in [-0.1, -0.05) is 6.92 Å². The molecule has 4 heteroatoms. The fourth-order valence-corrected chi connectivity index (χ4v) is 3.26. The van der Waals surface area contributed by atoms with Crippen molar-refractivity contribution in [2.75, 3.05) is 13.1 Å². The van der Waals surface area contributed by atoms with Crippen molar-refractivity contribution < 1.29 is 4.39 Å². The van der Waals surface area contributed by atoms with Crippen LogP contribution in [0.3, 0.4) is 0 Å². The second-order valence-electron chi connectivity index (χ2n) is 5.54. The van der Waals surface area contributed by atoms with Crippen molar-refractivity contribution in [1.29, 1.82) is 0 Å². The third kappa shape index (κ3) is 1.94. The van der Waals surface area contributed by atoms with E-state index in [2.05, 4.69) is 16.8 Å². The lowest BCUT2D eigenvalue weighted by molar-refractivity contribution is 0.283. The predicted molar refractivity (Wildman–Crippen MR) is 74.7 cm³/mol. The summed E-state index contributed by atoms with van der Waals surface area (Å²) in [5.41, 5.74) is 1.85. The van der Waals surface area contributed by atoms with Gasteiger partial charge in [-0.2, -0.15) is 0 Å². The van der Waals surface area contributed by atoms with Crippen molar-refractivity contribution in [3.63, 3.8) is 0 Å². The van der Waals surface area contributed by atoms with Crippen LogP contribution in [0.25, 0.3) is 11.0 Å². The van der Waals surface area contributed by atoms with Crippen LogP contribution in [-0.4, -0.2) is 22.6 Å². The molecule has 3 rings (SSSR count). The van der Waals surface area contributed by atoms with Crippen molar-refractivity contribution in [2.45, 2.75) is 31.6 Å². The highest BCUT2D eigenvalue weighted by atomic mass is 19.1. The van der Waals surface area contributed by atoms with Crippen LogP contribution in [0.2, 0.25) is 0 Å². The summed E-state index contributed by atoms with van der Waals surface area (Å²) < 4.78 is 15.5. The van der Waals surface area contributed by atoms with Crippen molar-refractivity contribution in [1.82, 2.24) is 14.9 Å². The van der Waals surface area contributed by atoms with Crippen LogP contribution >= 0.6 is 0 Å². The van der Waals surface area contributed by atoms with Crippen LogP contribution in [-0.2, 0) is 12.5 Å². The lowest BCUT2D eigenvalue weighted by atomic mass is 9.77. The zero-order valence-corrected chi connectivity index (χ0v) is 11.5. The van der Waals surface area contributed by atoms with E-state index in [4.69, 9.17) is 4.98 Å². The summed E-state index contributed by atoms with van der Waals surface area (Å²) in [7, 11) is 2.00. The molecule has 0 radical (unpaired) electrons. The minimum Gasteiger partial charge on any atom is -0.331 e. The number of aromatic nitrogens is 2. The lowest BCUT2D eigenvalue weighted by Gasteiger charge is -2.36. The lowest BCUT2D eigenvalue weighted by Crippen LogP contribution is -2.44. The number of hydrogen-bond donors (Lipinski definition) is 1. The Bertz CT molecular complexity index is 597. The molecule has 1 saturated heterocycles. The van der Waals surface area contributed by atoms with Crippen LogP contribution < -0.4 is 5.32 Å². The number of rotatable bonds is 2. The van der Waals surface area contributed by atoms with Crippen LogP contribution in [0.1, 0.15) is 32.0 Å². The quantitative estimate of drug-likeness (QED) is 0.901. The smallest absolute Gasteiger partial charge is 0.125 e. The van der Waals surface area contributed by atoms with E-state index in [-0.39, 0.29) is 11.2 Å². The average Bonchev–Trinajstić information content (AvgIpc) is 2.77. The third-order valence-electron chi connectivity index (χ3n) is 4.47. The van der Waals surface area contributed by atoms with Gasteiger partial charge in [-0.05, 0) is 44.0 Å². The van der Waals surface area contributed by atoms with Crippen molar-refractivity contribution >= 4 is 11.0 Å². The van der Waals surface area contributed by atoms with Gasteiger partial charge in [-0.15, -0.1) is 0 Å². The minimum absolute atomic E-state index is 0.0858. The summed E-state index contributed by atoms with van der Waals surface area (Å²) >= 11 is 0. The van der Waals surface area contributed by atoms with Crippen molar-refractivity contribution in [3.8, 4) is 0 Å². The zero-order chi connectivity index (χ0) is 13.5. The maximum absolute atomic E-state index is 13.4. The molecule has 1 N–H and O–H groups in total. The fourth-order valence-electron chi connectivity index (χ4n) is 3.26. The number of fused-ring (bicyclic) bond motifs is 1. The molecule has 0 aliphatic carbocycles. The highest BCUT2D eigenvalue weighted by molar-refractivity contribution is 5.76. The Hall–Kier alpha value is -1.42. The fraction of sp³-hybridized carbons (Fsp3) is 0.533. The number of nitrogens with one attached hydrogen (secondary N) is 1. The maximum Gasteiger partial charge on any atom is 0.125 e. The molecule has 0 amide bonds. The minimum atomic E-state index is -0.200. The summed E-state index contributed by atoms with van der Waals surface area (Å²) in [6.07, 6.45) is 3.38. The van der Waals surface area contributed by atoms with E-state index in [0.29, 0.717) is 0 Å². The van der Waals surface area contributed by atoms with E-state index in [1.807, 2.05) is 7.05 Å². The Morgan fingerprint density at radius 1 is 1.47 bits per heavy atom. The van der Waals surface area contributed by atoms with Crippen LogP contribution in [0.4, 0.5) is 4.39 Å². The van der Waals surface area contributed by atoms with Gasteiger partial charge >= 0.3 is 0 Å². The van der Waals surface area contributed by atoms with E-state index in [9.17, 15) is 4.39 Å². The summed E-state index contributed by atoms with van der Waals surface area (Å²) in [5, 5.41) is 3.48. The molecule has 19 heavy (non-hydrogen) atoms. The van der Waals surface area contributed by atoms with Gasteiger partial charge in [-0.3, -0.25) is 0 Å². The number of benzene rings is 1. The molecule has 3 nitrogen and oxygen atoms in total. The van der Waals surface area contributed by atoms with Gasteiger partial charge in [0.05, 0.1) is 11.0 Å². The molecule has 1 aromatic carbocycles. The zero-order valence-electron chi connectivity index (χ0n) is 11.5. The van der Waals surface area contributed by atoms with E-state index >= 15 is 0 Å². The molecule has 0 spiro atoms. The Morgan fingerprint density at radius 3 is 3.00 bits per heavy atom. The number of hydrogen-bond acceptors (Lipinski definition) is 2. The molecule has 1 aromatic heterocycles. The third-order valence-corrected chi connectivity index (χ3v) is 4.47. The number of nitrogens with zero attached hydrogens (tertiary/aromatic N) is 2. The summed E-state index contributed by atoms with van der Waals surface area (Å²) in [5.74, 6) is 0.886. The van der Waals surface area contributed by atoms with E-state index in [0.717, 1.165) is 42.8 Å². The van der Waals surface area contributed by atoms with Crippen molar-refractivity contribution in [3.05, 3.63) is 29.8 Å². The number of aryl methyl sites for hydroxylation is 1. The molecule has 0 saturated carbocycles. The molecule has 1 aliphatic heterocycles. The number of halogens is 1. The second-order valence-corrected chi connectivity index (χ2v) is 5.54. The molecule has 2 aromatic rings. The van der Waals surface area contributed by atoms with Crippen LogP contribution in [0.15, 0.2) is 18.2 Å². The number of piperidine rings is 1. The molecular formula is C15H20FN3. The Morgan fingerprint density at radius 2 is 2.32 bits per heavy atom. The van der Waals surface area contributed by atoms with Crippen LogP contribution in [0, 0.1) is 5.82 Å². The highest BCUT2D eigenvalue weighted by Crippen LogP contribution is 2.35. The van der Waals surface area contributed by atoms with Crippen molar-refractivity contribution in [2.24, 2.45) is 7.05 Å². The van der Waals surface area contributed by atoms with E-state index < -0.39 is 0 Å². The standard InChI is InChI=1S/C15H20FN3/c1-3-15(7-4-8-17-10-15)14-18-12-6-5-11(16)9-13(12)19(14)2/h5-6,9,17H,3-4,7-8,10H2,1-2H3. The van der Waals surface area contributed by atoms with E-state index in [1.54, 1.807) is 12.1 Å². The molecule has 102 valence electrons. The van der Waals surface area contributed by atoms with Gasteiger partial charge in [0.1, 0.15) is 11.6 Å². The largest absolute Gasteiger partial charge is 0.331 e. The molecule has 1 unspecified atom stereocenters. The van der Waals surface area contributed by atoms with Crippen LogP contribution in [0.5, 0.6) is 0 Å². The summed E-state index contributed by atoms with van der Waals surface area (Å²) in [4.78, 5) is 4.78. The Balaban J connectivity index is 2.15. The SMILES string of the molecule is CCC1(c2nc3ccc(F)cc3n2C)CCCNC1.